The lowest BCUT2D eigenvalue weighted by molar-refractivity contribution is -0.141. The fraction of sp³-hybridized carbons (Fsp3) is 0.118. The van der Waals surface area contributed by atoms with Crippen LogP contribution in [0.5, 0.6) is 0 Å². The molecule has 5 rings (SSSR count). The molecule has 0 aromatic heterocycles. The maximum Gasteiger partial charge on any atom is 0.355 e. The van der Waals surface area contributed by atoms with Crippen LogP contribution in [0.15, 0.2) is 133 Å². The fourth-order valence-electron chi connectivity index (χ4n) is 5.27. The molecule has 40 heavy (non-hydrogen) atoms. The number of halogens is 1. The van der Waals surface area contributed by atoms with Crippen LogP contribution in [0.4, 0.5) is 0 Å². The highest BCUT2D eigenvalue weighted by molar-refractivity contribution is 6.30. The highest BCUT2D eigenvalue weighted by atomic mass is 35.5. The quantitative estimate of drug-likeness (QED) is 0.238. The van der Waals surface area contributed by atoms with Crippen molar-refractivity contribution in [2.45, 2.75) is 12.1 Å². The molecule has 1 aliphatic rings. The molecule has 4 aromatic carbocycles. The van der Waals surface area contributed by atoms with Gasteiger partial charge in [0.2, 0.25) is 0 Å². The Morgan fingerprint density at radius 1 is 0.700 bits per heavy atom. The minimum atomic E-state index is -1.01. The molecule has 0 N–H and O–H groups in total. The van der Waals surface area contributed by atoms with E-state index in [0.717, 1.165) is 22.3 Å². The minimum Gasteiger partial charge on any atom is -0.465 e. The first-order valence-electron chi connectivity index (χ1n) is 12.8. The Hall–Kier alpha value is -4.61. The van der Waals surface area contributed by atoms with Crippen LogP contribution < -0.4 is 0 Å². The number of hydrogen-bond donors (Lipinski definition) is 0. The monoisotopic (exact) mass is 549 g/mol. The number of rotatable bonds is 7. The molecule has 200 valence electrons. The van der Waals surface area contributed by atoms with Crippen LogP contribution in [0.25, 0.3) is 5.57 Å². The second kappa shape index (κ2) is 11.6. The van der Waals surface area contributed by atoms with Crippen molar-refractivity contribution in [3.8, 4) is 0 Å². The SMILES string of the molecule is COC(=O)C1=C(C(=O)OC)N(Cc2ccc(Cl)cc2)C(c2ccccc2)(c2ccccc2)C=C1c1ccccc1. The molecule has 0 amide bonds. The zero-order chi connectivity index (χ0) is 28.1. The highest BCUT2D eigenvalue weighted by Gasteiger charge is 2.48. The molecule has 6 heteroatoms. The van der Waals surface area contributed by atoms with Gasteiger partial charge in [0.1, 0.15) is 11.2 Å². The van der Waals surface area contributed by atoms with Gasteiger partial charge in [0.25, 0.3) is 0 Å². The molecule has 0 aliphatic carbocycles. The van der Waals surface area contributed by atoms with E-state index in [1.807, 2.05) is 120 Å². The van der Waals surface area contributed by atoms with Crippen LogP contribution in [0, 0.1) is 0 Å². The van der Waals surface area contributed by atoms with Crippen molar-refractivity contribution in [2.24, 2.45) is 0 Å². The topological polar surface area (TPSA) is 55.8 Å². The number of esters is 2. The van der Waals surface area contributed by atoms with Crippen molar-refractivity contribution < 1.29 is 19.1 Å². The van der Waals surface area contributed by atoms with Gasteiger partial charge in [-0.2, -0.15) is 0 Å². The molecule has 0 saturated carbocycles. The van der Waals surface area contributed by atoms with Gasteiger partial charge in [0.15, 0.2) is 0 Å². The van der Waals surface area contributed by atoms with Gasteiger partial charge in [-0.1, -0.05) is 115 Å². The average Bonchev–Trinajstić information content (AvgIpc) is 3.02. The lowest BCUT2D eigenvalue weighted by atomic mass is 9.74. The number of carbonyl (C=O) groups excluding carboxylic acids is 2. The van der Waals surface area contributed by atoms with E-state index in [1.165, 1.54) is 14.2 Å². The first-order valence-corrected chi connectivity index (χ1v) is 13.2. The summed E-state index contributed by atoms with van der Waals surface area (Å²) in [6, 6.07) is 36.8. The molecule has 0 bridgehead atoms. The maximum atomic E-state index is 13.8. The van der Waals surface area contributed by atoms with Gasteiger partial charge in [-0.3, -0.25) is 0 Å². The molecule has 0 saturated heterocycles. The van der Waals surface area contributed by atoms with E-state index in [-0.39, 0.29) is 17.8 Å². The van der Waals surface area contributed by atoms with Gasteiger partial charge >= 0.3 is 11.9 Å². The van der Waals surface area contributed by atoms with E-state index in [9.17, 15) is 9.59 Å². The second-order valence-electron chi connectivity index (χ2n) is 9.34. The van der Waals surface area contributed by atoms with E-state index in [1.54, 1.807) is 0 Å². The van der Waals surface area contributed by atoms with Crippen LogP contribution >= 0.6 is 11.6 Å². The normalized spacial score (nSPS) is 14.4. The van der Waals surface area contributed by atoms with Crippen molar-refractivity contribution in [1.29, 1.82) is 0 Å². The number of carbonyl (C=O) groups is 2. The van der Waals surface area contributed by atoms with E-state index >= 15 is 0 Å². The van der Waals surface area contributed by atoms with E-state index in [0.29, 0.717) is 10.6 Å². The summed E-state index contributed by atoms with van der Waals surface area (Å²) in [4.78, 5) is 29.3. The molecule has 0 fully saturated rings. The van der Waals surface area contributed by atoms with Crippen LogP contribution in [-0.2, 0) is 31.1 Å². The molecule has 0 spiro atoms. The number of hydrogen-bond acceptors (Lipinski definition) is 5. The third-order valence-corrected chi connectivity index (χ3v) is 7.34. The van der Waals surface area contributed by atoms with E-state index in [2.05, 4.69) is 6.08 Å². The van der Waals surface area contributed by atoms with E-state index in [4.69, 9.17) is 21.1 Å². The zero-order valence-electron chi connectivity index (χ0n) is 22.2. The Kier molecular flexibility index (Phi) is 7.85. The smallest absolute Gasteiger partial charge is 0.355 e. The van der Waals surface area contributed by atoms with Crippen molar-refractivity contribution in [3.05, 3.63) is 160 Å². The molecule has 1 aliphatic heterocycles. The minimum absolute atomic E-state index is 0.110. The Bertz CT molecular complexity index is 1520. The van der Waals surface area contributed by atoms with Crippen molar-refractivity contribution in [3.63, 3.8) is 0 Å². The number of methoxy groups -OCH3 is 2. The summed E-state index contributed by atoms with van der Waals surface area (Å²) < 4.78 is 10.6. The molecule has 1 heterocycles. The van der Waals surface area contributed by atoms with Crippen LogP contribution in [-0.4, -0.2) is 31.1 Å². The fourth-order valence-corrected chi connectivity index (χ4v) is 5.39. The molecule has 0 unspecified atom stereocenters. The summed E-state index contributed by atoms with van der Waals surface area (Å²) in [5.41, 5.74) is 3.30. The van der Waals surface area contributed by atoms with Crippen LogP contribution in [0.3, 0.4) is 0 Å². The molecule has 0 radical (unpaired) electrons. The summed E-state index contributed by atoms with van der Waals surface area (Å²) in [5, 5.41) is 0.602. The van der Waals surface area contributed by atoms with Gasteiger partial charge in [-0.25, -0.2) is 9.59 Å². The molecular formula is C34H28ClNO4. The Labute approximate surface area is 238 Å². The first-order chi connectivity index (χ1) is 19.5. The Balaban J connectivity index is 1.93. The van der Waals surface area contributed by atoms with Gasteiger partial charge in [-0.15, -0.1) is 0 Å². The summed E-state index contributed by atoms with van der Waals surface area (Å²) in [6.07, 6.45) is 2.06. The lowest BCUT2D eigenvalue weighted by Gasteiger charge is -2.48. The van der Waals surface area contributed by atoms with Crippen LogP contribution in [0.1, 0.15) is 22.3 Å². The second-order valence-corrected chi connectivity index (χ2v) is 9.78. The summed E-state index contributed by atoms with van der Waals surface area (Å²) in [6.45, 7) is 0.268. The third kappa shape index (κ3) is 4.92. The zero-order valence-corrected chi connectivity index (χ0v) is 23.0. The standard InChI is InChI=1S/C34H28ClNO4/c1-39-32(37)30-29(25-12-6-3-7-13-25)22-34(26-14-8-4-9-15-26,27-16-10-5-11-17-27)36(31(30)33(38)40-2)23-24-18-20-28(35)21-19-24/h3-22H,23H2,1-2H3. The molecule has 5 nitrogen and oxygen atoms in total. The van der Waals surface area contributed by atoms with Gasteiger partial charge in [0, 0.05) is 11.6 Å². The summed E-state index contributed by atoms with van der Waals surface area (Å²) in [7, 11) is 2.63. The molecule has 4 aromatic rings. The average molecular weight is 550 g/mol. The van der Waals surface area contributed by atoms with Crippen LogP contribution in [0.2, 0.25) is 5.02 Å². The largest absolute Gasteiger partial charge is 0.465 e. The predicted octanol–water partition coefficient (Wildman–Crippen LogP) is 6.78. The van der Waals surface area contributed by atoms with E-state index < -0.39 is 17.5 Å². The summed E-state index contributed by atoms with van der Waals surface area (Å²) >= 11 is 6.21. The van der Waals surface area contributed by atoms with Gasteiger partial charge in [0.05, 0.1) is 19.8 Å². The van der Waals surface area contributed by atoms with Gasteiger partial charge < -0.3 is 14.4 Å². The predicted molar refractivity (Wildman–Crippen MR) is 156 cm³/mol. The number of ether oxygens (including phenoxy) is 2. The maximum absolute atomic E-state index is 13.8. The first kappa shape index (κ1) is 27.0. The van der Waals surface area contributed by atoms with Crippen molar-refractivity contribution >= 4 is 29.1 Å². The van der Waals surface area contributed by atoms with Crippen molar-refractivity contribution in [1.82, 2.24) is 4.90 Å². The van der Waals surface area contributed by atoms with Crippen molar-refractivity contribution in [2.75, 3.05) is 14.2 Å². The number of benzene rings is 4. The molecule has 0 atom stereocenters. The Morgan fingerprint density at radius 2 is 1.20 bits per heavy atom. The lowest BCUT2D eigenvalue weighted by Crippen LogP contribution is -2.50. The highest BCUT2D eigenvalue weighted by Crippen LogP contribution is 2.49. The Morgan fingerprint density at radius 3 is 1.70 bits per heavy atom. The number of nitrogens with zero attached hydrogens (tertiary/aromatic N) is 1. The molecular weight excluding hydrogens is 522 g/mol. The van der Waals surface area contributed by atoms with Gasteiger partial charge in [-0.05, 0) is 46.0 Å². The summed E-state index contributed by atoms with van der Waals surface area (Å²) in [5.74, 6) is -1.28. The third-order valence-electron chi connectivity index (χ3n) is 7.09.